The molecule has 172 valence electrons. The number of hydrogen-bond acceptors (Lipinski definition) is 5. The van der Waals surface area contributed by atoms with Gasteiger partial charge in [0.1, 0.15) is 11.6 Å². The van der Waals surface area contributed by atoms with Crippen molar-refractivity contribution in [3.63, 3.8) is 0 Å². The van der Waals surface area contributed by atoms with Gasteiger partial charge in [0, 0.05) is 36.7 Å². The SMILES string of the molecule is C[C@H](NC(=O)[C@@H](O)[C@H](O)C(=O)N1CCN(c2ccc(F)cc2F)CC1)c1ccc(Br)cc1. The molecule has 1 aliphatic rings. The molecule has 1 aliphatic heterocycles. The molecule has 0 aromatic heterocycles. The van der Waals surface area contributed by atoms with Gasteiger partial charge in [0.25, 0.3) is 11.8 Å². The number of rotatable bonds is 6. The minimum absolute atomic E-state index is 0.149. The average Bonchev–Trinajstić information content (AvgIpc) is 2.78. The van der Waals surface area contributed by atoms with Crippen LogP contribution in [0.25, 0.3) is 0 Å². The van der Waals surface area contributed by atoms with E-state index >= 15 is 0 Å². The Balaban J connectivity index is 1.54. The molecule has 32 heavy (non-hydrogen) atoms. The molecule has 2 aromatic carbocycles. The van der Waals surface area contributed by atoms with Gasteiger partial charge in [-0.25, -0.2) is 8.78 Å². The first-order valence-electron chi connectivity index (χ1n) is 10.1. The molecule has 0 saturated carbocycles. The summed E-state index contributed by atoms with van der Waals surface area (Å²) in [5.41, 5.74) is 1.01. The van der Waals surface area contributed by atoms with Crippen LogP contribution in [0.4, 0.5) is 14.5 Å². The summed E-state index contributed by atoms with van der Waals surface area (Å²) >= 11 is 3.33. The predicted octanol–water partition coefficient (Wildman–Crippen LogP) is 1.98. The molecular formula is C22H24BrF2N3O4. The van der Waals surface area contributed by atoms with Crippen LogP contribution in [0.2, 0.25) is 0 Å². The van der Waals surface area contributed by atoms with Crippen molar-refractivity contribution in [1.82, 2.24) is 10.2 Å². The van der Waals surface area contributed by atoms with Crippen molar-refractivity contribution in [3.8, 4) is 0 Å². The summed E-state index contributed by atoms with van der Waals surface area (Å²) in [6.45, 7) is 2.52. The third-order valence-electron chi connectivity index (χ3n) is 5.39. The standard InChI is InChI=1S/C22H24BrF2N3O4/c1-13(14-2-4-15(23)5-3-14)26-21(31)19(29)20(30)22(32)28-10-8-27(9-11-28)18-7-6-16(24)12-17(18)25/h2-7,12-13,19-20,29-30H,8-11H2,1H3,(H,26,31)/t13-,19-,20-/m0/s1. The first-order chi connectivity index (χ1) is 15.2. The van der Waals surface area contributed by atoms with Crippen LogP contribution < -0.4 is 10.2 Å². The fourth-order valence-electron chi connectivity index (χ4n) is 3.50. The van der Waals surface area contributed by atoms with E-state index in [0.29, 0.717) is 0 Å². The highest BCUT2D eigenvalue weighted by Crippen LogP contribution is 2.22. The van der Waals surface area contributed by atoms with Gasteiger partial charge in [0.2, 0.25) is 0 Å². The number of carbonyl (C=O) groups excluding carboxylic acids is 2. The van der Waals surface area contributed by atoms with Gasteiger partial charge in [0.05, 0.1) is 11.7 Å². The second kappa shape index (κ2) is 10.4. The van der Waals surface area contributed by atoms with Crippen molar-refractivity contribution in [2.45, 2.75) is 25.2 Å². The van der Waals surface area contributed by atoms with Gasteiger partial charge in [-0.2, -0.15) is 0 Å². The van der Waals surface area contributed by atoms with Crippen molar-refractivity contribution < 1.29 is 28.6 Å². The first-order valence-corrected chi connectivity index (χ1v) is 10.9. The zero-order valence-electron chi connectivity index (χ0n) is 17.3. The van der Waals surface area contributed by atoms with Crippen molar-refractivity contribution in [1.29, 1.82) is 0 Å². The fourth-order valence-corrected chi connectivity index (χ4v) is 3.77. The van der Waals surface area contributed by atoms with Crippen LogP contribution in [0.1, 0.15) is 18.5 Å². The molecule has 0 radical (unpaired) electrons. The Hall–Kier alpha value is -2.56. The van der Waals surface area contributed by atoms with Crippen LogP contribution in [0, 0.1) is 11.6 Å². The van der Waals surface area contributed by atoms with Crippen molar-refractivity contribution in [2.75, 3.05) is 31.1 Å². The Labute approximate surface area is 192 Å². The van der Waals surface area contributed by atoms with E-state index in [2.05, 4.69) is 21.2 Å². The molecule has 0 aliphatic carbocycles. The van der Waals surface area contributed by atoms with E-state index < -0.39 is 41.7 Å². The van der Waals surface area contributed by atoms with E-state index in [-0.39, 0.29) is 31.9 Å². The molecule has 1 fully saturated rings. The third-order valence-corrected chi connectivity index (χ3v) is 5.92. The predicted molar refractivity (Wildman–Crippen MR) is 118 cm³/mol. The van der Waals surface area contributed by atoms with E-state index in [9.17, 15) is 28.6 Å². The molecule has 1 saturated heterocycles. The summed E-state index contributed by atoms with van der Waals surface area (Å²) in [6.07, 6.45) is -3.87. The van der Waals surface area contributed by atoms with E-state index in [1.165, 1.54) is 11.0 Å². The highest BCUT2D eigenvalue weighted by Gasteiger charge is 2.35. The Morgan fingerprint density at radius 1 is 1.00 bits per heavy atom. The normalized spacial score (nSPS) is 16.9. The molecule has 3 rings (SSSR count). The van der Waals surface area contributed by atoms with Gasteiger partial charge in [-0.15, -0.1) is 0 Å². The average molecular weight is 512 g/mol. The van der Waals surface area contributed by atoms with Crippen LogP contribution in [0.5, 0.6) is 0 Å². The summed E-state index contributed by atoms with van der Waals surface area (Å²) in [5.74, 6) is -3.03. The number of benzene rings is 2. The van der Waals surface area contributed by atoms with Gasteiger partial charge in [-0.3, -0.25) is 9.59 Å². The Morgan fingerprint density at radius 2 is 1.62 bits per heavy atom. The van der Waals surface area contributed by atoms with E-state index in [0.717, 1.165) is 22.2 Å². The summed E-state index contributed by atoms with van der Waals surface area (Å²) in [4.78, 5) is 27.9. The van der Waals surface area contributed by atoms with Crippen molar-refractivity contribution >= 4 is 33.4 Å². The molecule has 3 atom stereocenters. The highest BCUT2D eigenvalue weighted by atomic mass is 79.9. The lowest BCUT2D eigenvalue weighted by Gasteiger charge is -2.37. The van der Waals surface area contributed by atoms with Crippen LogP contribution >= 0.6 is 15.9 Å². The number of carbonyl (C=O) groups is 2. The monoisotopic (exact) mass is 511 g/mol. The number of anilines is 1. The third kappa shape index (κ3) is 5.62. The Bertz CT molecular complexity index is 968. The summed E-state index contributed by atoms with van der Waals surface area (Å²) in [6, 6.07) is 10.1. The number of amides is 2. The number of aliphatic hydroxyl groups excluding tert-OH is 2. The summed E-state index contributed by atoms with van der Waals surface area (Å²) < 4.78 is 28.0. The maximum Gasteiger partial charge on any atom is 0.254 e. The smallest absolute Gasteiger partial charge is 0.254 e. The molecule has 3 N–H and O–H groups in total. The second-order valence-electron chi connectivity index (χ2n) is 7.58. The number of nitrogens with zero attached hydrogens (tertiary/aromatic N) is 2. The van der Waals surface area contributed by atoms with Gasteiger partial charge < -0.3 is 25.3 Å². The van der Waals surface area contributed by atoms with Gasteiger partial charge in [-0.1, -0.05) is 28.1 Å². The number of halogens is 3. The maximum atomic E-state index is 14.0. The van der Waals surface area contributed by atoms with Crippen LogP contribution in [-0.4, -0.2) is 65.3 Å². The molecule has 2 amide bonds. The van der Waals surface area contributed by atoms with Crippen molar-refractivity contribution in [3.05, 3.63) is 64.1 Å². The van der Waals surface area contributed by atoms with Crippen LogP contribution in [0.15, 0.2) is 46.9 Å². The summed E-state index contributed by atoms with van der Waals surface area (Å²) in [7, 11) is 0. The van der Waals surface area contributed by atoms with E-state index in [4.69, 9.17) is 0 Å². The van der Waals surface area contributed by atoms with Gasteiger partial charge >= 0.3 is 0 Å². The lowest BCUT2D eigenvalue weighted by Crippen LogP contribution is -2.56. The zero-order chi connectivity index (χ0) is 23.4. The quantitative estimate of drug-likeness (QED) is 0.551. The molecule has 0 spiro atoms. The minimum atomic E-state index is -1.94. The molecule has 2 aromatic rings. The lowest BCUT2D eigenvalue weighted by atomic mass is 10.1. The molecule has 7 nitrogen and oxygen atoms in total. The molecule has 0 unspecified atom stereocenters. The first kappa shape index (κ1) is 24.1. The molecule has 1 heterocycles. The number of aliphatic hydroxyl groups is 2. The number of piperazine rings is 1. The lowest BCUT2D eigenvalue weighted by molar-refractivity contribution is -0.153. The Morgan fingerprint density at radius 3 is 2.22 bits per heavy atom. The van der Waals surface area contributed by atoms with Crippen LogP contribution in [-0.2, 0) is 9.59 Å². The van der Waals surface area contributed by atoms with Crippen molar-refractivity contribution in [2.24, 2.45) is 0 Å². The van der Waals surface area contributed by atoms with Crippen LogP contribution in [0.3, 0.4) is 0 Å². The summed E-state index contributed by atoms with van der Waals surface area (Å²) in [5, 5.41) is 23.0. The largest absolute Gasteiger partial charge is 0.380 e. The maximum absolute atomic E-state index is 14.0. The highest BCUT2D eigenvalue weighted by molar-refractivity contribution is 9.10. The van der Waals surface area contributed by atoms with Gasteiger partial charge in [-0.05, 0) is 36.8 Å². The molecule has 0 bridgehead atoms. The Kier molecular flexibility index (Phi) is 7.81. The minimum Gasteiger partial charge on any atom is -0.380 e. The fraction of sp³-hybridized carbons (Fsp3) is 0.364. The number of hydrogen-bond donors (Lipinski definition) is 3. The zero-order valence-corrected chi connectivity index (χ0v) is 18.9. The molecular weight excluding hydrogens is 488 g/mol. The topological polar surface area (TPSA) is 93.1 Å². The van der Waals surface area contributed by atoms with E-state index in [1.807, 2.05) is 12.1 Å². The second-order valence-corrected chi connectivity index (χ2v) is 8.50. The van der Waals surface area contributed by atoms with Gasteiger partial charge in [0.15, 0.2) is 12.2 Å². The number of nitrogens with one attached hydrogen (secondary N) is 1. The van der Waals surface area contributed by atoms with E-state index in [1.54, 1.807) is 24.0 Å². The molecule has 10 heteroatoms.